The Bertz CT molecular complexity index is 908. The van der Waals surface area contributed by atoms with Crippen molar-refractivity contribution in [2.45, 2.75) is 20.8 Å². The number of hydrogen-bond donors (Lipinski definition) is 1. The summed E-state index contributed by atoms with van der Waals surface area (Å²) in [5, 5.41) is 2.24. The number of urea groups is 1. The quantitative estimate of drug-likeness (QED) is 0.677. The predicted molar refractivity (Wildman–Crippen MR) is 96.1 cm³/mol. The average molecular weight is 334 g/mol. The van der Waals surface area contributed by atoms with Crippen LogP contribution in [0, 0.1) is 20.8 Å². The molecule has 126 valence electrons. The Labute approximate surface area is 146 Å². The number of rotatable bonds is 2. The van der Waals surface area contributed by atoms with Gasteiger partial charge in [0, 0.05) is 0 Å². The van der Waals surface area contributed by atoms with E-state index in [0.717, 1.165) is 27.2 Å². The summed E-state index contributed by atoms with van der Waals surface area (Å²) in [5.74, 6) is -1.31. The van der Waals surface area contributed by atoms with Crippen LogP contribution in [0.5, 0.6) is 0 Å². The normalized spacial score (nSPS) is 16.4. The largest absolute Gasteiger partial charge is 0.335 e. The predicted octanol–water partition coefficient (Wildman–Crippen LogP) is 3.28. The number of nitrogens with one attached hydrogen (secondary N) is 1. The van der Waals surface area contributed by atoms with Crippen molar-refractivity contribution in [3.8, 4) is 0 Å². The number of hydrogen-bond acceptors (Lipinski definition) is 3. The van der Waals surface area contributed by atoms with Gasteiger partial charge >= 0.3 is 6.03 Å². The number of amides is 4. The van der Waals surface area contributed by atoms with Gasteiger partial charge in [0.25, 0.3) is 11.8 Å². The topological polar surface area (TPSA) is 66.5 Å². The molecule has 5 nitrogen and oxygen atoms in total. The maximum Gasteiger partial charge on any atom is 0.335 e. The van der Waals surface area contributed by atoms with Gasteiger partial charge in [0.05, 0.1) is 5.69 Å². The second kappa shape index (κ2) is 6.36. The third-order valence-corrected chi connectivity index (χ3v) is 3.92. The third-order valence-electron chi connectivity index (χ3n) is 3.92. The van der Waals surface area contributed by atoms with Crippen LogP contribution < -0.4 is 10.2 Å². The first-order valence-electron chi connectivity index (χ1n) is 7.91. The lowest BCUT2D eigenvalue weighted by atomic mass is 10.0. The number of nitrogens with zero attached hydrogens (tertiary/aromatic N) is 1. The van der Waals surface area contributed by atoms with Crippen molar-refractivity contribution in [1.82, 2.24) is 5.32 Å². The van der Waals surface area contributed by atoms with Crippen LogP contribution in [-0.2, 0) is 9.59 Å². The van der Waals surface area contributed by atoms with Crippen molar-refractivity contribution in [3.63, 3.8) is 0 Å². The zero-order valence-corrected chi connectivity index (χ0v) is 14.3. The highest BCUT2D eigenvalue weighted by Gasteiger charge is 2.36. The molecule has 4 amide bonds. The van der Waals surface area contributed by atoms with Crippen molar-refractivity contribution in [3.05, 3.63) is 70.3 Å². The Balaban J connectivity index is 2.05. The molecule has 1 saturated heterocycles. The molecule has 1 aliphatic rings. The van der Waals surface area contributed by atoms with Crippen LogP contribution in [0.2, 0.25) is 0 Å². The highest BCUT2D eigenvalue weighted by molar-refractivity contribution is 6.39. The fourth-order valence-electron chi connectivity index (χ4n) is 2.90. The Morgan fingerprint density at radius 2 is 1.56 bits per heavy atom. The summed E-state index contributed by atoms with van der Waals surface area (Å²) in [6.07, 6.45) is 1.51. The summed E-state index contributed by atoms with van der Waals surface area (Å²) in [6, 6.07) is 12.1. The van der Waals surface area contributed by atoms with E-state index in [0.29, 0.717) is 5.69 Å². The van der Waals surface area contributed by atoms with Crippen molar-refractivity contribution in [2.75, 3.05) is 4.90 Å². The number of benzene rings is 2. The van der Waals surface area contributed by atoms with Gasteiger partial charge in [0.2, 0.25) is 0 Å². The molecule has 0 aromatic heterocycles. The molecule has 2 aromatic carbocycles. The lowest BCUT2D eigenvalue weighted by molar-refractivity contribution is -0.122. The molecule has 25 heavy (non-hydrogen) atoms. The third kappa shape index (κ3) is 3.35. The first kappa shape index (κ1) is 16.6. The maximum absolute atomic E-state index is 12.8. The highest BCUT2D eigenvalue weighted by atomic mass is 16.2. The van der Waals surface area contributed by atoms with Crippen LogP contribution in [0.4, 0.5) is 10.5 Å². The Kier molecular flexibility index (Phi) is 4.23. The Morgan fingerprint density at radius 1 is 0.880 bits per heavy atom. The summed E-state index contributed by atoms with van der Waals surface area (Å²) >= 11 is 0. The smallest absolute Gasteiger partial charge is 0.273 e. The number of carbonyl (C=O) groups excluding carboxylic acids is 3. The molecule has 0 aliphatic carbocycles. The van der Waals surface area contributed by atoms with E-state index in [1.807, 2.05) is 45.0 Å². The van der Waals surface area contributed by atoms with E-state index in [4.69, 9.17) is 0 Å². The first-order chi connectivity index (χ1) is 11.8. The zero-order valence-electron chi connectivity index (χ0n) is 14.3. The van der Waals surface area contributed by atoms with E-state index in [9.17, 15) is 14.4 Å². The second-order valence-electron chi connectivity index (χ2n) is 6.22. The van der Waals surface area contributed by atoms with Gasteiger partial charge in [-0.25, -0.2) is 9.69 Å². The molecule has 0 atom stereocenters. The van der Waals surface area contributed by atoms with E-state index in [1.54, 1.807) is 18.2 Å². The van der Waals surface area contributed by atoms with Crippen molar-refractivity contribution < 1.29 is 14.4 Å². The number of aryl methyl sites for hydroxylation is 3. The van der Waals surface area contributed by atoms with Gasteiger partial charge in [-0.3, -0.25) is 14.9 Å². The number of imide groups is 2. The van der Waals surface area contributed by atoms with E-state index >= 15 is 0 Å². The van der Waals surface area contributed by atoms with Crippen LogP contribution in [0.25, 0.3) is 6.08 Å². The summed E-state index contributed by atoms with van der Waals surface area (Å²) in [7, 11) is 0. The molecule has 0 saturated carbocycles. The lowest BCUT2D eigenvalue weighted by Crippen LogP contribution is -2.54. The van der Waals surface area contributed by atoms with Crippen LogP contribution in [-0.4, -0.2) is 17.8 Å². The maximum atomic E-state index is 12.8. The molecule has 2 aromatic rings. The van der Waals surface area contributed by atoms with Crippen LogP contribution >= 0.6 is 0 Å². The molecule has 1 fully saturated rings. The van der Waals surface area contributed by atoms with Crippen molar-refractivity contribution >= 4 is 29.6 Å². The van der Waals surface area contributed by atoms with Crippen molar-refractivity contribution in [1.29, 1.82) is 0 Å². The number of carbonyl (C=O) groups is 3. The minimum atomic E-state index is -0.735. The standard InChI is InChI=1S/C20H18N2O3/c1-12-5-4-6-15(8-12)11-17-18(23)21-20(25)22(19(17)24)16-9-13(2)7-14(3)10-16/h4-11H,1-3H3,(H,21,23,25)/b17-11-. The van der Waals surface area contributed by atoms with Gasteiger partial charge in [0.15, 0.2) is 0 Å². The lowest BCUT2D eigenvalue weighted by Gasteiger charge is -2.27. The Morgan fingerprint density at radius 3 is 2.20 bits per heavy atom. The zero-order chi connectivity index (χ0) is 18.1. The monoisotopic (exact) mass is 334 g/mol. The van der Waals surface area contributed by atoms with Gasteiger partial charge < -0.3 is 0 Å². The molecule has 0 radical (unpaired) electrons. The van der Waals surface area contributed by atoms with Gasteiger partial charge in [0.1, 0.15) is 5.57 Å². The molecule has 0 spiro atoms. The Hall–Kier alpha value is -3.21. The minimum absolute atomic E-state index is 0.0654. The van der Waals surface area contributed by atoms with Gasteiger partial charge in [-0.1, -0.05) is 35.9 Å². The second-order valence-corrected chi connectivity index (χ2v) is 6.22. The molecule has 1 heterocycles. The first-order valence-corrected chi connectivity index (χ1v) is 7.91. The van der Waals surface area contributed by atoms with E-state index in [-0.39, 0.29) is 5.57 Å². The van der Waals surface area contributed by atoms with Crippen molar-refractivity contribution in [2.24, 2.45) is 0 Å². The van der Waals surface area contributed by atoms with Gasteiger partial charge in [-0.15, -0.1) is 0 Å². The molecular formula is C20H18N2O3. The number of anilines is 1. The van der Waals surface area contributed by atoms with Crippen LogP contribution in [0.3, 0.4) is 0 Å². The molecule has 0 unspecified atom stereocenters. The van der Waals surface area contributed by atoms with Gasteiger partial charge in [-0.05, 0) is 55.7 Å². The summed E-state index contributed by atoms with van der Waals surface area (Å²) < 4.78 is 0. The fraction of sp³-hybridized carbons (Fsp3) is 0.150. The molecular weight excluding hydrogens is 316 g/mol. The summed E-state index contributed by atoms with van der Waals surface area (Å²) in [5.41, 5.74) is 3.98. The molecule has 1 aliphatic heterocycles. The number of barbiturate groups is 1. The average Bonchev–Trinajstić information content (AvgIpc) is 2.50. The summed E-state index contributed by atoms with van der Waals surface area (Å²) in [6.45, 7) is 5.70. The molecule has 1 N–H and O–H groups in total. The summed E-state index contributed by atoms with van der Waals surface area (Å²) in [4.78, 5) is 38.2. The van der Waals surface area contributed by atoms with E-state index < -0.39 is 17.8 Å². The fourth-order valence-corrected chi connectivity index (χ4v) is 2.90. The molecule has 0 bridgehead atoms. The van der Waals surface area contributed by atoms with E-state index in [2.05, 4.69) is 5.32 Å². The van der Waals surface area contributed by atoms with Gasteiger partial charge in [-0.2, -0.15) is 0 Å². The SMILES string of the molecule is Cc1cccc(/C=C2/C(=O)NC(=O)N(c3cc(C)cc(C)c3)C2=O)c1. The van der Waals surface area contributed by atoms with Crippen LogP contribution in [0.15, 0.2) is 48.0 Å². The molecule has 3 rings (SSSR count). The highest BCUT2D eigenvalue weighted by Crippen LogP contribution is 2.24. The van der Waals surface area contributed by atoms with E-state index in [1.165, 1.54) is 6.08 Å². The van der Waals surface area contributed by atoms with Crippen LogP contribution in [0.1, 0.15) is 22.3 Å². The minimum Gasteiger partial charge on any atom is -0.273 e. The molecule has 5 heteroatoms.